The Hall–Kier alpha value is -0.0800. The molecule has 0 bridgehead atoms. The van der Waals surface area contributed by atoms with Crippen molar-refractivity contribution in [3.63, 3.8) is 0 Å². The molecule has 2 fully saturated rings. The van der Waals surface area contributed by atoms with Gasteiger partial charge in [0, 0.05) is 12.6 Å². The molecule has 2 rings (SSSR count). The zero-order chi connectivity index (χ0) is 12.5. The fourth-order valence-electron chi connectivity index (χ4n) is 4.16. The van der Waals surface area contributed by atoms with Crippen LogP contribution in [0.15, 0.2) is 0 Å². The van der Waals surface area contributed by atoms with Crippen molar-refractivity contribution in [3.8, 4) is 0 Å². The number of hydrogen-bond donors (Lipinski definition) is 1. The van der Waals surface area contributed by atoms with Crippen molar-refractivity contribution >= 4 is 0 Å². The van der Waals surface area contributed by atoms with E-state index in [0.717, 1.165) is 13.2 Å². The third-order valence-corrected chi connectivity index (χ3v) is 4.75. The minimum Gasteiger partial charge on any atom is -0.372 e. The van der Waals surface area contributed by atoms with Crippen LogP contribution in [0, 0.1) is 11.3 Å². The summed E-state index contributed by atoms with van der Waals surface area (Å²) in [6.45, 7) is 11.4. The van der Waals surface area contributed by atoms with Gasteiger partial charge in [0.15, 0.2) is 0 Å². The van der Waals surface area contributed by atoms with Gasteiger partial charge >= 0.3 is 0 Å². The van der Waals surface area contributed by atoms with Crippen LogP contribution in [0.3, 0.4) is 0 Å². The number of rotatable bonds is 3. The van der Waals surface area contributed by atoms with E-state index in [1.54, 1.807) is 0 Å². The Bertz CT molecular complexity index is 264. The van der Waals surface area contributed by atoms with E-state index in [2.05, 4.69) is 33.0 Å². The van der Waals surface area contributed by atoms with Crippen molar-refractivity contribution in [1.29, 1.82) is 0 Å². The van der Waals surface area contributed by atoms with E-state index in [9.17, 15) is 0 Å². The Morgan fingerprint density at radius 2 is 2.12 bits per heavy atom. The van der Waals surface area contributed by atoms with Gasteiger partial charge in [-0.15, -0.1) is 0 Å². The lowest BCUT2D eigenvalue weighted by Crippen LogP contribution is -2.59. The van der Waals surface area contributed by atoms with Gasteiger partial charge in [0.05, 0.1) is 12.2 Å². The summed E-state index contributed by atoms with van der Waals surface area (Å²) in [6.07, 6.45) is 6.40. The summed E-state index contributed by atoms with van der Waals surface area (Å²) in [5, 5.41) is 3.73. The third-order valence-electron chi connectivity index (χ3n) is 4.75. The molecule has 17 heavy (non-hydrogen) atoms. The van der Waals surface area contributed by atoms with Crippen LogP contribution in [0.1, 0.15) is 59.8 Å². The average Bonchev–Trinajstić information content (AvgIpc) is 2.48. The molecule has 0 amide bonds. The highest BCUT2D eigenvalue weighted by Crippen LogP contribution is 2.52. The lowest BCUT2D eigenvalue weighted by molar-refractivity contribution is -0.122. The maximum Gasteiger partial charge on any atom is 0.0865 e. The summed E-state index contributed by atoms with van der Waals surface area (Å²) in [7, 11) is 0. The van der Waals surface area contributed by atoms with E-state index in [1.165, 1.54) is 32.1 Å². The molecule has 2 heteroatoms. The molecule has 1 spiro atoms. The second-order valence-electron chi connectivity index (χ2n) is 6.90. The minimum absolute atomic E-state index is 0.122. The van der Waals surface area contributed by atoms with Gasteiger partial charge in [-0.1, -0.05) is 40.5 Å². The average molecular weight is 239 g/mol. The Morgan fingerprint density at radius 3 is 2.71 bits per heavy atom. The van der Waals surface area contributed by atoms with E-state index in [-0.39, 0.29) is 5.60 Å². The van der Waals surface area contributed by atoms with Crippen molar-refractivity contribution in [2.75, 3.05) is 13.2 Å². The monoisotopic (exact) mass is 239 g/mol. The van der Waals surface area contributed by atoms with Crippen LogP contribution < -0.4 is 5.32 Å². The molecule has 100 valence electrons. The first kappa shape index (κ1) is 13.4. The van der Waals surface area contributed by atoms with Crippen molar-refractivity contribution in [2.45, 2.75) is 71.4 Å². The summed E-state index contributed by atoms with van der Waals surface area (Å²) >= 11 is 0. The van der Waals surface area contributed by atoms with Gasteiger partial charge in [0.1, 0.15) is 0 Å². The largest absolute Gasteiger partial charge is 0.372 e. The predicted octanol–water partition coefficient (Wildman–Crippen LogP) is 3.36. The molecule has 3 unspecified atom stereocenters. The highest BCUT2D eigenvalue weighted by Gasteiger charge is 2.54. The highest BCUT2D eigenvalue weighted by molar-refractivity contribution is 5.07. The van der Waals surface area contributed by atoms with Gasteiger partial charge in [-0.25, -0.2) is 0 Å². The van der Waals surface area contributed by atoms with E-state index in [0.29, 0.717) is 17.4 Å². The second-order valence-corrected chi connectivity index (χ2v) is 6.90. The van der Waals surface area contributed by atoms with Crippen LogP contribution in [0.4, 0.5) is 0 Å². The SMILES string of the molecule is CCCCC1NCCOC12CC(C)(C)CC2C. The van der Waals surface area contributed by atoms with Crippen LogP contribution in [0.5, 0.6) is 0 Å². The standard InChI is InChI=1S/C15H29NO/c1-5-6-7-13-15(17-9-8-16-13)11-14(3,4)10-12(15)2/h12-13,16H,5-11H2,1-4H3. The fraction of sp³-hybridized carbons (Fsp3) is 1.00. The van der Waals surface area contributed by atoms with E-state index < -0.39 is 0 Å². The maximum absolute atomic E-state index is 6.32. The van der Waals surface area contributed by atoms with E-state index in [1.807, 2.05) is 0 Å². The van der Waals surface area contributed by atoms with Gasteiger partial charge in [-0.2, -0.15) is 0 Å². The Morgan fingerprint density at radius 1 is 1.35 bits per heavy atom. The second kappa shape index (κ2) is 4.89. The van der Waals surface area contributed by atoms with Gasteiger partial charge in [0.25, 0.3) is 0 Å². The molecule has 1 aliphatic carbocycles. The molecule has 2 nitrogen and oxygen atoms in total. The topological polar surface area (TPSA) is 21.3 Å². The van der Waals surface area contributed by atoms with Crippen LogP contribution in [-0.2, 0) is 4.74 Å². The maximum atomic E-state index is 6.32. The van der Waals surface area contributed by atoms with E-state index >= 15 is 0 Å². The molecule has 1 N–H and O–H groups in total. The molecule has 0 aromatic heterocycles. The summed E-state index contributed by atoms with van der Waals surface area (Å²) in [6, 6.07) is 0.577. The quantitative estimate of drug-likeness (QED) is 0.815. The molecular formula is C15H29NO. The third kappa shape index (κ3) is 2.53. The zero-order valence-electron chi connectivity index (χ0n) is 12.0. The minimum atomic E-state index is 0.122. The number of unbranched alkanes of at least 4 members (excludes halogenated alkanes) is 1. The fourth-order valence-corrected chi connectivity index (χ4v) is 4.16. The molecule has 1 saturated heterocycles. The van der Waals surface area contributed by atoms with Crippen molar-refractivity contribution in [3.05, 3.63) is 0 Å². The Kier molecular flexibility index (Phi) is 3.84. The number of ether oxygens (including phenoxy) is 1. The lowest BCUT2D eigenvalue weighted by Gasteiger charge is -2.45. The lowest BCUT2D eigenvalue weighted by atomic mass is 9.80. The summed E-state index contributed by atoms with van der Waals surface area (Å²) in [5.74, 6) is 0.687. The molecule has 1 aliphatic heterocycles. The Labute approximate surface area is 107 Å². The van der Waals surface area contributed by atoms with Crippen molar-refractivity contribution in [1.82, 2.24) is 5.32 Å². The molecular weight excluding hydrogens is 210 g/mol. The molecule has 0 aromatic carbocycles. The summed E-state index contributed by atoms with van der Waals surface area (Å²) in [5.41, 5.74) is 0.569. The smallest absolute Gasteiger partial charge is 0.0865 e. The van der Waals surface area contributed by atoms with Gasteiger partial charge < -0.3 is 10.1 Å². The van der Waals surface area contributed by atoms with Crippen LogP contribution in [-0.4, -0.2) is 24.8 Å². The van der Waals surface area contributed by atoms with Crippen LogP contribution in [0.25, 0.3) is 0 Å². The van der Waals surface area contributed by atoms with E-state index in [4.69, 9.17) is 4.74 Å². The van der Waals surface area contributed by atoms with Gasteiger partial charge in [-0.3, -0.25) is 0 Å². The molecule has 0 radical (unpaired) electrons. The van der Waals surface area contributed by atoms with Gasteiger partial charge in [0.2, 0.25) is 0 Å². The molecule has 3 atom stereocenters. The first-order valence-corrected chi connectivity index (χ1v) is 7.37. The van der Waals surface area contributed by atoms with Crippen molar-refractivity contribution < 1.29 is 4.74 Å². The summed E-state index contributed by atoms with van der Waals surface area (Å²) in [4.78, 5) is 0. The predicted molar refractivity (Wildman–Crippen MR) is 72.2 cm³/mol. The van der Waals surface area contributed by atoms with Crippen molar-refractivity contribution in [2.24, 2.45) is 11.3 Å². The number of nitrogens with one attached hydrogen (secondary N) is 1. The zero-order valence-corrected chi connectivity index (χ0v) is 12.0. The first-order valence-electron chi connectivity index (χ1n) is 7.37. The molecule has 1 saturated carbocycles. The Balaban J connectivity index is 2.14. The van der Waals surface area contributed by atoms with Crippen LogP contribution in [0.2, 0.25) is 0 Å². The number of hydrogen-bond acceptors (Lipinski definition) is 2. The summed E-state index contributed by atoms with van der Waals surface area (Å²) < 4.78 is 6.32. The van der Waals surface area contributed by atoms with Gasteiger partial charge in [-0.05, 0) is 30.6 Å². The normalized spacial score (nSPS) is 40.9. The number of morpholine rings is 1. The molecule has 2 aliphatic rings. The molecule has 0 aromatic rings. The highest BCUT2D eigenvalue weighted by atomic mass is 16.5. The molecule has 1 heterocycles. The van der Waals surface area contributed by atoms with Crippen LogP contribution >= 0.6 is 0 Å². The first-order chi connectivity index (χ1) is 8.00.